The highest BCUT2D eigenvalue weighted by molar-refractivity contribution is 5.85. The lowest BCUT2D eigenvalue weighted by Gasteiger charge is -2.49. The van der Waals surface area contributed by atoms with E-state index in [0.29, 0.717) is 12.1 Å². The van der Waals surface area contributed by atoms with Crippen molar-refractivity contribution in [2.24, 2.45) is 5.92 Å². The van der Waals surface area contributed by atoms with Gasteiger partial charge in [0.25, 0.3) is 0 Å². The highest BCUT2D eigenvalue weighted by Crippen LogP contribution is 2.33. The van der Waals surface area contributed by atoms with E-state index in [9.17, 15) is 0 Å². The molecule has 2 aromatic heterocycles. The number of H-pyrrole nitrogens is 1. The molecule has 3 aromatic rings. The van der Waals surface area contributed by atoms with Gasteiger partial charge in [-0.25, -0.2) is 9.97 Å². The van der Waals surface area contributed by atoms with Crippen LogP contribution in [0.15, 0.2) is 42.7 Å². The number of nitrogens with one attached hydrogen (secondary N) is 2. The molecule has 5 nitrogen and oxygen atoms in total. The molecule has 0 radical (unpaired) electrons. The van der Waals surface area contributed by atoms with Crippen LogP contribution in [0.5, 0.6) is 0 Å². The number of hydrogen-bond donors (Lipinski definition) is 2. The Kier molecular flexibility index (Phi) is 3.48. The fraction of sp³-hybridized carbons (Fsp3) is 0.400. The van der Waals surface area contributed by atoms with Crippen LogP contribution < -0.4 is 5.32 Å². The van der Waals surface area contributed by atoms with Gasteiger partial charge in [-0.15, -0.1) is 0 Å². The molecular formula is C20H23N5. The van der Waals surface area contributed by atoms with Crippen LogP contribution in [0.4, 0.5) is 5.95 Å². The average molecular weight is 333 g/mol. The zero-order valence-corrected chi connectivity index (χ0v) is 14.4. The van der Waals surface area contributed by atoms with Crippen LogP contribution in [0.2, 0.25) is 0 Å². The number of benzene rings is 1. The van der Waals surface area contributed by atoms with Crippen molar-refractivity contribution < 1.29 is 0 Å². The summed E-state index contributed by atoms with van der Waals surface area (Å²) in [5.74, 6) is 1.49. The van der Waals surface area contributed by atoms with Crippen molar-refractivity contribution in [2.75, 3.05) is 18.4 Å². The molecule has 0 spiro atoms. The fourth-order valence-corrected chi connectivity index (χ4v) is 4.46. The molecule has 3 aliphatic heterocycles. The van der Waals surface area contributed by atoms with Crippen molar-refractivity contribution in [1.29, 1.82) is 0 Å². The van der Waals surface area contributed by atoms with E-state index >= 15 is 0 Å². The minimum Gasteiger partial charge on any atom is -0.354 e. The molecule has 2 atom stereocenters. The second-order valence-electron chi connectivity index (χ2n) is 7.35. The quantitative estimate of drug-likeness (QED) is 0.770. The maximum absolute atomic E-state index is 4.58. The van der Waals surface area contributed by atoms with Gasteiger partial charge < -0.3 is 10.3 Å². The molecule has 6 rings (SSSR count). The molecule has 0 aliphatic carbocycles. The van der Waals surface area contributed by atoms with E-state index < -0.39 is 0 Å². The lowest BCUT2D eigenvalue weighted by molar-refractivity contribution is 0.0455. The Bertz CT molecular complexity index is 841. The largest absolute Gasteiger partial charge is 0.354 e. The Morgan fingerprint density at radius 2 is 1.88 bits per heavy atom. The van der Waals surface area contributed by atoms with Crippen LogP contribution in [0, 0.1) is 5.92 Å². The highest BCUT2D eigenvalue weighted by Gasteiger charge is 2.39. The molecule has 2 unspecified atom stereocenters. The first kappa shape index (κ1) is 14.9. The number of nitrogens with zero attached hydrogens (tertiary/aromatic N) is 3. The number of rotatable bonds is 3. The summed E-state index contributed by atoms with van der Waals surface area (Å²) >= 11 is 0. The van der Waals surface area contributed by atoms with Gasteiger partial charge in [-0.2, -0.15) is 0 Å². The molecule has 2 N–H and O–H groups in total. The smallest absolute Gasteiger partial charge is 0.222 e. The summed E-state index contributed by atoms with van der Waals surface area (Å²) in [7, 11) is 0. The number of aromatic nitrogens is 3. The van der Waals surface area contributed by atoms with E-state index in [0.717, 1.165) is 28.6 Å². The number of piperidine rings is 3. The summed E-state index contributed by atoms with van der Waals surface area (Å²) in [6.45, 7) is 4.80. The minimum absolute atomic E-state index is 0.460. The van der Waals surface area contributed by atoms with E-state index in [2.05, 4.69) is 56.4 Å². The Hall–Kier alpha value is -2.40. The van der Waals surface area contributed by atoms with Crippen LogP contribution in [-0.4, -0.2) is 45.0 Å². The van der Waals surface area contributed by atoms with Crippen LogP contribution in [0.25, 0.3) is 22.2 Å². The Labute approximate surface area is 147 Å². The average Bonchev–Trinajstić information content (AvgIpc) is 3.10. The standard InChI is InChI=1S/C20H23N5/c1-13-19(14-6-8-25(13)9-7-14)24-20-21-11-16(12-22-20)18-10-15-4-2-3-5-17(15)23-18/h2-5,10-14,19,23H,6-9H2,1H3,(H,21,22,24). The van der Waals surface area contributed by atoms with E-state index in [4.69, 9.17) is 0 Å². The Morgan fingerprint density at radius 1 is 1.12 bits per heavy atom. The summed E-state index contributed by atoms with van der Waals surface area (Å²) in [6.07, 6.45) is 6.39. The van der Waals surface area contributed by atoms with Crippen molar-refractivity contribution in [3.8, 4) is 11.3 Å². The van der Waals surface area contributed by atoms with Crippen LogP contribution in [-0.2, 0) is 0 Å². The van der Waals surface area contributed by atoms with Gasteiger partial charge >= 0.3 is 0 Å². The predicted molar refractivity (Wildman–Crippen MR) is 100 cm³/mol. The lowest BCUT2D eigenvalue weighted by Crippen LogP contribution is -2.59. The molecule has 1 aromatic carbocycles. The fourth-order valence-electron chi connectivity index (χ4n) is 4.46. The van der Waals surface area contributed by atoms with Crippen molar-refractivity contribution in [3.63, 3.8) is 0 Å². The van der Waals surface area contributed by atoms with E-state index in [1.807, 2.05) is 18.5 Å². The first-order valence-electron chi connectivity index (χ1n) is 9.19. The lowest BCUT2D eigenvalue weighted by atomic mass is 9.79. The molecule has 3 aliphatic rings. The van der Waals surface area contributed by atoms with Gasteiger partial charge in [-0.05, 0) is 50.9 Å². The SMILES string of the molecule is CC1C(Nc2ncc(-c3cc4ccccc4[nH]3)cn2)C2CCN1CC2. The van der Waals surface area contributed by atoms with Crippen molar-refractivity contribution in [3.05, 3.63) is 42.7 Å². The van der Waals surface area contributed by atoms with Crippen LogP contribution in [0.1, 0.15) is 19.8 Å². The second kappa shape index (κ2) is 5.85. The third kappa shape index (κ3) is 2.59. The van der Waals surface area contributed by atoms with E-state index in [1.165, 1.54) is 31.3 Å². The van der Waals surface area contributed by atoms with Gasteiger partial charge in [0.15, 0.2) is 0 Å². The van der Waals surface area contributed by atoms with Crippen LogP contribution in [0.3, 0.4) is 0 Å². The Morgan fingerprint density at radius 3 is 2.60 bits per heavy atom. The van der Waals surface area contributed by atoms with Gasteiger partial charge in [-0.1, -0.05) is 18.2 Å². The number of hydrogen-bond acceptors (Lipinski definition) is 4. The third-order valence-electron chi connectivity index (χ3n) is 5.97. The molecule has 2 bridgehead atoms. The first-order valence-corrected chi connectivity index (χ1v) is 9.19. The summed E-state index contributed by atoms with van der Waals surface area (Å²) < 4.78 is 0. The normalized spacial score (nSPS) is 28.4. The van der Waals surface area contributed by atoms with Gasteiger partial charge in [0.05, 0.1) is 0 Å². The number of aromatic amines is 1. The summed E-state index contributed by atoms with van der Waals surface area (Å²) in [6, 6.07) is 11.5. The second-order valence-corrected chi connectivity index (χ2v) is 7.35. The molecule has 3 fully saturated rings. The zero-order valence-electron chi connectivity index (χ0n) is 14.4. The van der Waals surface area contributed by atoms with Crippen molar-refractivity contribution in [1.82, 2.24) is 19.9 Å². The highest BCUT2D eigenvalue weighted by atomic mass is 15.2. The van der Waals surface area contributed by atoms with Crippen LogP contribution >= 0.6 is 0 Å². The summed E-state index contributed by atoms with van der Waals surface area (Å²) in [5.41, 5.74) is 3.22. The molecule has 25 heavy (non-hydrogen) atoms. The minimum atomic E-state index is 0.460. The Balaban J connectivity index is 1.36. The topological polar surface area (TPSA) is 56.8 Å². The molecular weight excluding hydrogens is 310 g/mol. The summed E-state index contributed by atoms with van der Waals surface area (Å²) in [4.78, 5) is 15.2. The van der Waals surface area contributed by atoms with Gasteiger partial charge in [0.2, 0.25) is 5.95 Å². The van der Waals surface area contributed by atoms with E-state index in [-0.39, 0.29) is 0 Å². The van der Waals surface area contributed by atoms with Gasteiger partial charge in [-0.3, -0.25) is 4.90 Å². The summed E-state index contributed by atoms with van der Waals surface area (Å²) in [5, 5.41) is 4.80. The molecule has 128 valence electrons. The zero-order chi connectivity index (χ0) is 16.8. The molecule has 5 heteroatoms. The van der Waals surface area contributed by atoms with Crippen molar-refractivity contribution in [2.45, 2.75) is 31.8 Å². The van der Waals surface area contributed by atoms with Gasteiger partial charge in [0, 0.05) is 46.6 Å². The third-order valence-corrected chi connectivity index (χ3v) is 5.97. The molecule has 0 amide bonds. The number of para-hydroxylation sites is 1. The van der Waals surface area contributed by atoms with Gasteiger partial charge in [0.1, 0.15) is 0 Å². The predicted octanol–water partition coefficient (Wildman–Crippen LogP) is 3.52. The maximum Gasteiger partial charge on any atom is 0.222 e. The molecule has 3 saturated heterocycles. The number of anilines is 1. The first-order chi connectivity index (χ1) is 12.3. The molecule has 5 heterocycles. The van der Waals surface area contributed by atoms with E-state index in [1.54, 1.807) is 0 Å². The maximum atomic E-state index is 4.58. The molecule has 0 saturated carbocycles. The number of fused-ring (bicyclic) bond motifs is 4. The monoisotopic (exact) mass is 333 g/mol. The van der Waals surface area contributed by atoms with Crippen molar-refractivity contribution >= 4 is 16.9 Å².